The Hall–Kier alpha value is -2.12. The number of carbonyl (C=O) groups is 4. The van der Waals surface area contributed by atoms with E-state index in [0.717, 1.165) is 14.2 Å². The molecule has 0 fully saturated rings. The summed E-state index contributed by atoms with van der Waals surface area (Å²) in [7, 11) is 2.07. The van der Waals surface area contributed by atoms with Gasteiger partial charge in [-0.05, 0) is 0 Å². The molecule has 0 spiro atoms. The van der Waals surface area contributed by atoms with Gasteiger partial charge in [-0.1, -0.05) is 0 Å². The lowest BCUT2D eigenvalue weighted by atomic mass is 9.78. The molecule has 8 heteroatoms. The van der Waals surface area contributed by atoms with Gasteiger partial charge in [0.25, 0.3) is 0 Å². The first kappa shape index (κ1) is 15.9. The first-order chi connectivity index (χ1) is 8.27. The van der Waals surface area contributed by atoms with Crippen LogP contribution in [-0.4, -0.2) is 48.3 Å². The maximum atomic E-state index is 11.2. The van der Waals surface area contributed by atoms with E-state index in [1.807, 2.05) is 0 Å². The molecule has 8 nitrogen and oxygen atoms in total. The van der Waals surface area contributed by atoms with E-state index in [9.17, 15) is 19.2 Å². The summed E-state index contributed by atoms with van der Waals surface area (Å²) in [6.45, 7) is 0. The van der Waals surface area contributed by atoms with Crippen molar-refractivity contribution in [1.82, 2.24) is 0 Å². The molecule has 0 amide bonds. The number of methoxy groups -OCH3 is 2. The smallest absolute Gasteiger partial charge is 0.311 e. The van der Waals surface area contributed by atoms with Crippen LogP contribution in [0.4, 0.5) is 0 Å². The normalized spacial score (nSPS) is 10.6. The molecule has 0 aliphatic carbocycles. The summed E-state index contributed by atoms with van der Waals surface area (Å²) in [6, 6.07) is 0. The van der Waals surface area contributed by atoms with Gasteiger partial charge in [0, 0.05) is 0 Å². The van der Waals surface area contributed by atoms with Gasteiger partial charge in [-0.15, -0.1) is 0 Å². The second-order valence-electron chi connectivity index (χ2n) is 3.66. The standard InChI is InChI=1S/C10H14O8/c1-17-7(13)4-10(9(15)16,3-6(11)12)5-8(14)18-2/h3-5H2,1-2H3,(H,11,12)(H,15,16). The molecule has 0 unspecified atom stereocenters. The minimum atomic E-state index is -2.06. The molecule has 0 saturated heterocycles. The Balaban J connectivity index is 5.27. The summed E-state index contributed by atoms with van der Waals surface area (Å²) in [5.74, 6) is -4.84. The van der Waals surface area contributed by atoms with Crippen molar-refractivity contribution >= 4 is 23.9 Å². The maximum Gasteiger partial charge on any atom is 0.311 e. The number of rotatable bonds is 7. The molecule has 18 heavy (non-hydrogen) atoms. The van der Waals surface area contributed by atoms with Crippen LogP contribution in [0.15, 0.2) is 0 Å². The first-order valence-electron chi connectivity index (χ1n) is 4.86. The quantitative estimate of drug-likeness (QED) is 0.596. The second kappa shape index (κ2) is 6.58. The van der Waals surface area contributed by atoms with E-state index in [-0.39, 0.29) is 0 Å². The molecule has 0 radical (unpaired) electrons. The Bertz CT molecular complexity index is 341. The van der Waals surface area contributed by atoms with Crippen molar-refractivity contribution in [3.8, 4) is 0 Å². The SMILES string of the molecule is COC(=O)CC(CC(=O)O)(CC(=O)OC)C(=O)O. The van der Waals surface area contributed by atoms with Crippen LogP contribution < -0.4 is 0 Å². The van der Waals surface area contributed by atoms with E-state index in [1.54, 1.807) is 0 Å². The molecule has 0 saturated carbocycles. The molecule has 0 rings (SSSR count). The van der Waals surface area contributed by atoms with Crippen molar-refractivity contribution in [3.63, 3.8) is 0 Å². The monoisotopic (exact) mass is 262 g/mol. The first-order valence-corrected chi connectivity index (χ1v) is 4.86. The predicted molar refractivity (Wildman–Crippen MR) is 55.6 cm³/mol. The van der Waals surface area contributed by atoms with E-state index in [2.05, 4.69) is 9.47 Å². The highest BCUT2D eigenvalue weighted by atomic mass is 16.5. The molecule has 102 valence electrons. The van der Waals surface area contributed by atoms with Crippen LogP contribution in [0.2, 0.25) is 0 Å². The molecule has 0 aromatic rings. The summed E-state index contributed by atoms with van der Waals surface area (Å²) in [4.78, 5) is 44.2. The van der Waals surface area contributed by atoms with E-state index in [1.165, 1.54) is 0 Å². The minimum Gasteiger partial charge on any atom is -0.481 e. The Morgan fingerprint density at radius 1 is 0.889 bits per heavy atom. The Labute approximate surface area is 102 Å². The molecular weight excluding hydrogens is 248 g/mol. The van der Waals surface area contributed by atoms with E-state index in [0.29, 0.717) is 0 Å². The lowest BCUT2D eigenvalue weighted by molar-refractivity contribution is -0.166. The number of ether oxygens (including phenoxy) is 2. The number of carboxylic acid groups (broad SMARTS) is 2. The number of esters is 2. The van der Waals surface area contributed by atoms with E-state index >= 15 is 0 Å². The number of hydrogen-bond donors (Lipinski definition) is 2. The highest BCUT2D eigenvalue weighted by Gasteiger charge is 2.45. The van der Waals surface area contributed by atoms with Crippen molar-refractivity contribution < 1.29 is 38.9 Å². The highest BCUT2D eigenvalue weighted by Crippen LogP contribution is 2.32. The predicted octanol–water partition coefficient (Wildman–Crippen LogP) is -0.342. The fourth-order valence-electron chi connectivity index (χ4n) is 1.40. The lowest BCUT2D eigenvalue weighted by Crippen LogP contribution is -2.38. The zero-order chi connectivity index (χ0) is 14.3. The summed E-state index contributed by atoms with van der Waals surface area (Å²) in [5, 5.41) is 17.8. The number of aliphatic carboxylic acids is 2. The van der Waals surface area contributed by atoms with Gasteiger partial charge in [0.05, 0.1) is 38.9 Å². The van der Waals surface area contributed by atoms with Crippen LogP contribution in [0.1, 0.15) is 19.3 Å². The Morgan fingerprint density at radius 2 is 1.28 bits per heavy atom. The van der Waals surface area contributed by atoms with Crippen LogP contribution >= 0.6 is 0 Å². The molecular formula is C10H14O8. The van der Waals surface area contributed by atoms with Gasteiger partial charge in [0.1, 0.15) is 0 Å². The van der Waals surface area contributed by atoms with E-state index < -0.39 is 48.6 Å². The molecule has 2 N–H and O–H groups in total. The van der Waals surface area contributed by atoms with Crippen molar-refractivity contribution in [2.24, 2.45) is 5.41 Å². The molecule has 0 aliphatic heterocycles. The number of carboxylic acids is 2. The molecule has 0 aromatic heterocycles. The fraction of sp³-hybridized carbons (Fsp3) is 0.600. The van der Waals surface area contributed by atoms with Crippen LogP contribution in [0.3, 0.4) is 0 Å². The van der Waals surface area contributed by atoms with Gasteiger partial charge in [-0.2, -0.15) is 0 Å². The zero-order valence-corrected chi connectivity index (χ0v) is 9.97. The minimum absolute atomic E-state index is 0.722. The third-order valence-electron chi connectivity index (χ3n) is 2.36. The molecule has 0 heterocycles. The van der Waals surface area contributed by atoms with Gasteiger partial charge in [-0.25, -0.2) is 0 Å². The second-order valence-corrected chi connectivity index (χ2v) is 3.66. The van der Waals surface area contributed by atoms with Crippen LogP contribution in [0, 0.1) is 5.41 Å². The maximum absolute atomic E-state index is 11.2. The summed E-state index contributed by atoms with van der Waals surface area (Å²) in [6.07, 6.45) is -2.33. The number of hydrogen-bond acceptors (Lipinski definition) is 6. The summed E-state index contributed by atoms with van der Waals surface area (Å²) >= 11 is 0. The van der Waals surface area contributed by atoms with Crippen molar-refractivity contribution in [2.45, 2.75) is 19.3 Å². The molecule has 0 bridgehead atoms. The molecule has 0 aromatic carbocycles. The van der Waals surface area contributed by atoms with E-state index in [4.69, 9.17) is 10.2 Å². The molecule has 0 aliphatic rings. The highest BCUT2D eigenvalue weighted by molar-refractivity contribution is 5.90. The van der Waals surface area contributed by atoms with Gasteiger partial charge in [-0.3, -0.25) is 19.2 Å². The van der Waals surface area contributed by atoms with Gasteiger partial charge < -0.3 is 19.7 Å². The largest absolute Gasteiger partial charge is 0.481 e. The van der Waals surface area contributed by atoms with Crippen LogP contribution in [0.25, 0.3) is 0 Å². The topological polar surface area (TPSA) is 127 Å². The van der Waals surface area contributed by atoms with Crippen molar-refractivity contribution in [2.75, 3.05) is 14.2 Å². The molecule has 0 atom stereocenters. The Morgan fingerprint density at radius 3 is 1.50 bits per heavy atom. The average molecular weight is 262 g/mol. The zero-order valence-electron chi connectivity index (χ0n) is 9.97. The summed E-state index contributed by atoms with van der Waals surface area (Å²) < 4.78 is 8.61. The third kappa shape index (κ3) is 4.40. The lowest BCUT2D eigenvalue weighted by Gasteiger charge is -2.25. The van der Waals surface area contributed by atoms with Gasteiger partial charge in [0.15, 0.2) is 0 Å². The van der Waals surface area contributed by atoms with Crippen LogP contribution in [-0.2, 0) is 28.7 Å². The van der Waals surface area contributed by atoms with Crippen LogP contribution in [0.5, 0.6) is 0 Å². The van der Waals surface area contributed by atoms with Crippen molar-refractivity contribution in [1.29, 1.82) is 0 Å². The van der Waals surface area contributed by atoms with Gasteiger partial charge >= 0.3 is 23.9 Å². The third-order valence-corrected chi connectivity index (χ3v) is 2.36. The van der Waals surface area contributed by atoms with Gasteiger partial charge in [0.2, 0.25) is 0 Å². The number of carbonyl (C=O) groups excluding carboxylic acids is 2. The Kier molecular flexibility index (Phi) is 5.80. The summed E-state index contributed by atoms with van der Waals surface area (Å²) in [5.41, 5.74) is -2.06. The van der Waals surface area contributed by atoms with Crippen molar-refractivity contribution in [3.05, 3.63) is 0 Å². The average Bonchev–Trinajstić information content (AvgIpc) is 2.27. The fourth-order valence-corrected chi connectivity index (χ4v) is 1.40.